The molecule has 1 aromatic heterocycles. The quantitative estimate of drug-likeness (QED) is 0.672. The molecule has 0 bridgehead atoms. The van der Waals surface area contributed by atoms with Crippen LogP contribution in [0.4, 0.5) is 13.2 Å². The van der Waals surface area contributed by atoms with Gasteiger partial charge in [0.1, 0.15) is 6.54 Å². The SMILES string of the molecule is CC.Cc1ccn(CC(F)(F)F)n1. The lowest BCUT2D eigenvalue weighted by molar-refractivity contribution is -0.142. The third-order valence-corrected chi connectivity index (χ3v) is 1.12. The molecule has 0 atom stereocenters. The Balaban J connectivity index is 0.000000671. The molecule has 5 heteroatoms. The first kappa shape index (κ1) is 12.0. The summed E-state index contributed by atoms with van der Waals surface area (Å²) < 4.78 is 35.9. The van der Waals surface area contributed by atoms with Crippen molar-refractivity contribution >= 4 is 0 Å². The van der Waals surface area contributed by atoms with Gasteiger partial charge in [-0.1, -0.05) is 13.8 Å². The molecule has 76 valence electrons. The van der Waals surface area contributed by atoms with Gasteiger partial charge < -0.3 is 0 Å². The van der Waals surface area contributed by atoms with E-state index in [-0.39, 0.29) is 0 Å². The van der Waals surface area contributed by atoms with Crippen molar-refractivity contribution < 1.29 is 13.2 Å². The van der Waals surface area contributed by atoms with Crippen molar-refractivity contribution in [1.29, 1.82) is 0 Å². The molecule has 0 aliphatic carbocycles. The van der Waals surface area contributed by atoms with Gasteiger partial charge >= 0.3 is 6.18 Å². The second-order valence-corrected chi connectivity index (χ2v) is 2.27. The van der Waals surface area contributed by atoms with Gasteiger partial charge in [0, 0.05) is 6.20 Å². The lowest BCUT2D eigenvalue weighted by atomic mass is 10.5. The van der Waals surface area contributed by atoms with Crippen molar-refractivity contribution in [1.82, 2.24) is 9.78 Å². The molecule has 2 nitrogen and oxygen atoms in total. The third-order valence-electron chi connectivity index (χ3n) is 1.12. The lowest BCUT2D eigenvalue weighted by Crippen LogP contribution is -2.17. The molecule has 0 saturated heterocycles. The zero-order chi connectivity index (χ0) is 10.5. The topological polar surface area (TPSA) is 17.8 Å². The summed E-state index contributed by atoms with van der Waals surface area (Å²) in [6.07, 6.45) is -2.87. The van der Waals surface area contributed by atoms with E-state index in [1.807, 2.05) is 13.8 Å². The van der Waals surface area contributed by atoms with Crippen LogP contribution < -0.4 is 0 Å². The number of aryl methyl sites for hydroxylation is 1. The van der Waals surface area contributed by atoms with E-state index < -0.39 is 12.7 Å². The van der Waals surface area contributed by atoms with E-state index in [0.717, 1.165) is 4.68 Å². The number of halogens is 3. The Hall–Kier alpha value is -1.00. The van der Waals surface area contributed by atoms with Gasteiger partial charge in [-0.3, -0.25) is 4.68 Å². The highest BCUT2D eigenvalue weighted by Gasteiger charge is 2.28. The summed E-state index contributed by atoms with van der Waals surface area (Å²) in [6.45, 7) is 4.63. The average Bonchev–Trinajstić information content (AvgIpc) is 2.36. The van der Waals surface area contributed by atoms with Crippen LogP contribution in [0.25, 0.3) is 0 Å². The maximum Gasteiger partial charge on any atom is 0.408 e. The van der Waals surface area contributed by atoms with Crippen LogP contribution in [0.15, 0.2) is 12.3 Å². The first-order chi connectivity index (χ1) is 5.97. The van der Waals surface area contributed by atoms with E-state index in [4.69, 9.17) is 0 Å². The smallest absolute Gasteiger partial charge is 0.263 e. The van der Waals surface area contributed by atoms with E-state index in [2.05, 4.69) is 5.10 Å². The molecular weight excluding hydrogens is 181 g/mol. The van der Waals surface area contributed by atoms with Crippen LogP contribution >= 0.6 is 0 Å². The van der Waals surface area contributed by atoms with Crippen LogP contribution in [0.2, 0.25) is 0 Å². The number of hydrogen-bond acceptors (Lipinski definition) is 1. The first-order valence-corrected chi connectivity index (χ1v) is 4.04. The highest BCUT2D eigenvalue weighted by Crippen LogP contribution is 2.16. The van der Waals surface area contributed by atoms with Gasteiger partial charge in [0.25, 0.3) is 0 Å². The van der Waals surface area contributed by atoms with Gasteiger partial charge in [0.05, 0.1) is 5.69 Å². The van der Waals surface area contributed by atoms with Gasteiger partial charge in [0.2, 0.25) is 0 Å². The Morgan fingerprint density at radius 1 is 1.38 bits per heavy atom. The fourth-order valence-electron chi connectivity index (χ4n) is 0.735. The summed E-state index contributed by atoms with van der Waals surface area (Å²) in [5, 5.41) is 3.59. The number of aromatic nitrogens is 2. The van der Waals surface area contributed by atoms with Gasteiger partial charge in [0.15, 0.2) is 0 Å². The molecular formula is C8H13F3N2. The molecule has 0 fully saturated rings. The molecule has 0 N–H and O–H groups in total. The minimum Gasteiger partial charge on any atom is -0.263 e. The molecule has 0 unspecified atom stereocenters. The highest BCUT2D eigenvalue weighted by atomic mass is 19.4. The lowest BCUT2D eigenvalue weighted by Gasteiger charge is -2.04. The van der Waals surface area contributed by atoms with Gasteiger partial charge in [-0.25, -0.2) is 0 Å². The van der Waals surface area contributed by atoms with Crippen LogP contribution in [0.5, 0.6) is 0 Å². The van der Waals surface area contributed by atoms with Gasteiger partial charge in [-0.15, -0.1) is 0 Å². The predicted molar refractivity (Wildman–Crippen MR) is 44.4 cm³/mol. The molecule has 1 aromatic rings. The summed E-state index contributed by atoms with van der Waals surface area (Å²) >= 11 is 0. The standard InChI is InChI=1S/C6H7F3N2.C2H6/c1-5-2-3-11(10-5)4-6(7,8)9;1-2/h2-3H,4H2,1H3;1-2H3. The van der Waals surface area contributed by atoms with Crippen molar-refractivity contribution in [2.75, 3.05) is 0 Å². The van der Waals surface area contributed by atoms with Crippen molar-refractivity contribution in [3.8, 4) is 0 Å². The van der Waals surface area contributed by atoms with Crippen LogP contribution in [-0.4, -0.2) is 16.0 Å². The number of hydrogen-bond donors (Lipinski definition) is 0. The van der Waals surface area contributed by atoms with Crippen LogP contribution in [0.1, 0.15) is 19.5 Å². The van der Waals surface area contributed by atoms with Crippen molar-refractivity contribution in [3.05, 3.63) is 18.0 Å². The highest BCUT2D eigenvalue weighted by molar-refractivity contribution is 4.94. The predicted octanol–water partition coefficient (Wildman–Crippen LogP) is 2.78. The fraction of sp³-hybridized carbons (Fsp3) is 0.625. The summed E-state index contributed by atoms with van der Waals surface area (Å²) in [6, 6.07) is 1.53. The summed E-state index contributed by atoms with van der Waals surface area (Å²) in [4.78, 5) is 0. The van der Waals surface area contributed by atoms with Crippen molar-refractivity contribution in [3.63, 3.8) is 0 Å². The van der Waals surface area contributed by atoms with Crippen LogP contribution in [-0.2, 0) is 6.54 Å². The molecule has 0 amide bonds. The zero-order valence-electron chi connectivity index (χ0n) is 7.89. The molecule has 1 rings (SSSR count). The first-order valence-electron chi connectivity index (χ1n) is 4.04. The molecule has 0 aliphatic heterocycles. The molecule has 1 heterocycles. The van der Waals surface area contributed by atoms with E-state index in [9.17, 15) is 13.2 Å². The summed E-state index contributed by atoms with van der Waals surface area (Å²) in [5.41, 5.74) is 0.592. The van der Waals surface area contributed by atoms with E-state index >= 15 is 0 Å². The Labute approximate surface area is 75.4 Å². The summed E-state index contributed by atoms with van der Waals surface area (Å²) in [5.74, 6) is 0. The van der Waals surface area contributed by atoms with E-state index in [1.54, 1.807) is 6.92 Å². The van der Waals surface area contributed by atoms with Crippen LogP contribution in [0, 0.1) is 6.92 Å². The Kier molecular flexibility index (Phi) is 4.51. The average molecular weight is 194 g/mol. The van der Waals surface area contributed by atoms with E-state index in [1.165, 1.54) is 12.3 Å². The largest absolute Gasteiger partial charge is 0.408 e. The molecule has 0 spiro atoms. The van der Waals surface area contributed by atoms with Gasteiger partial charge in [-0.2, -0.15) is 18.3 Å². The number of nitrogens with zero attached hydrogens (tertiary/aromatic N) is 2. The third kappa shape index (κ3) is 5.27. The molecule has 13 heavy (non-hydrogen) atoms. The minimum absolute atomic E-state index is 0.592. The Bertz CT molecular complexity index is 240. The number of rotatable bonds is 1. The van der Waals surface area contributed by atoms with Crippen molar-refractivity contribution in [2.45, 2.75) is 33.5 Å². The Morgan fingerprint density at radius 3 is 2.23 bits per heavy atom. The second kappa shape index (κ2) is 4.89. The maximum atomic E-state index is 11.7. The monoisotopic (exact) mass is 194 g/mol. The minimum atomic E-state index is -4.18. The Morgan fingerprint density at radius 2 is 1.92 bits per heavy atom. The van der Waals surface area contributed by atoms with Gasteiger partial charge in [-0.05, 0) is 13.0 Å². The maximum absolute atomic E-state index is 11.7. The fourth-order valence-corrected chi connectivity index (χ4v) is 0.735. The molecule has 0 aromatic carbocycles. The van der Waals surface area contributed by atoms with Crippen molar-refractivity contribution in [2.24, 2.45) is 0 Å². The second-order valence-electron chi connectivity index (χ2n) is 2.27. The van der Waals surface area contributed by atoms with Crippen LogP contribution in [0.3, 0.4) is 0 Å². The van der Waals surface area contributed by atoms with E-state index in [0.29, 0.717) is 5.69 Å². The normalized spacial score (nSPS) is 10.6. The zero-order valence-corrected chi connectivity index (χ0v) is 7.89. The molecule has 0 saturated carbocycles. The number of alkyl halides is 3. The summed E-state index contributed by atoms with van der Waals surface area (Å²) in [7, 11) is 0. The molecule has 0 radical (unpaired) electrons. The molecule has 0 aliphatic rings.